The van der Waals surface area contributed by atoms with Crippen LogP contribution in [0.4, 0.5) is 34.5 Å². The van der Waals surface area contributed by atoms with Gasteiger partial charge < -0.3 is 34.5 Å². The summed E-state index contributed by atoms with van der Waals surface area (Å²) in [6, 6.07) is 89.1. The van der Waals surface area contributed by atoms with Gasteiger partial charge in [0.1, 0.15) is 0 Å². The van der Waals surface area contributed by atoms with Crippen LogP contribution in [-0.4, -0.2) is 39.2 Å². The molecule has 8 rings (SSSR count). The maximum atomic E-state index is 9.75. The number of benzene rings is 8. The van der Waals surface area contributed by atoms with Gasteiger partial charge in [0.15, 0.2) is 0 Å². The summed E-state index contributed by atoms with van der Waals surface area (Å²) in [5.41, 5.74) is 0. The molecular weight excluding hydrogens is 1160 g/mol. The van der Waals surface area contributed by atoms with Gasteiger partial charge in [-0.1, -0.05) is 146 Å². The minimum atomic E-state index is -6.00. The molecule has 0 spiro atoms. The molecular formula is C54H56Ag2B2F8P4+4. The van der Waals surface area contributed by atoms with E-state index in [0.717, 1.165) is 0 Å². The summed E-state index contributed by atoms with van der Waals surface area (Å²) in [5.74, 6) is 0. The molecule has 0 fully saturated rings. The smallest absolute Gasteiger partial charge is 0.418 e. The summed E-state index contributed by atoms with van der Waals surface area (Å²) in [5, 5.41) is 12.2. The molecule has 0 aliphatic carbocycles. The molecule has 0 radical (unpaired) electrons. The van der Waals surface area contributed by atoms with E-state index in [1.54, 1.807) is 0 Å². The van der Waals surface area contributed by atoms with Crippen LogP contribution < -0.4 is 42.4 Å². The van der Waals surface area contributed by atoms with Crippen LogP contribution in [0, 0.1) is 0 Å². The van der Waals surface area contributed by atoms with Crippen LogP contribution in [0.15, 0.2) is 243 Å². The molecule has 372 valence electrons. The van der Waals surface area contributed by atoms with Crippen LogP contribution in [0.5, 0.6) is 0 Å². The number of halogens is 8. The van der Waals surface area contributed by atoms with Gasteiger partial charge in [-0.05, 0) is 97.1 Å². The largest absolute Gasteiger partial charge is 1.00 e. The Morgan fingerprint density at radius 2 is 0.314 bits per heavy atom. The summed E-state index contributed by atoms with van der Waals surface area (Å²) in [6.45, 7) is 0. The average Bonchev–Trinajstić information content (AvgIpc) is 3.35. The van der Waals surface area contributed by atoms with Crippen molar-refractivity contribution in [2.75, 3.05) is 24.6 Å². The van der Waals surface area contributed by atoms with E-state index in [4.69, 9.17) is 0 Å². The number of hydrogen-bond donors (Lipinski definition) is 0. The molecule has 0 nitrogen and oxygen atoms in total. The first-order chi connectivity index (χ1) is 32.8. The van der Waals surface area contributed by atoms with E-state index in [0.29, 0.717) is 0 Å². The first-order valence-electron chi connectivity index (χ1n) is 22.4. The standard InChI is InChI=1S/2C27H26P2.2Ag.2BF4/c2*1-5-14-24(15-6-1)28(25-16-7-2-8-17-25)22-13-23-29(26-18-9-3-10-19-26)27-20-11-4-12-21-27;;;2*2-1(3,4)5/h2*1-12,14-21H,13,22-23H2;;;;/q;;2*+1;2*-1/p+4. The van der Waals surface area contributed by atoms with E-state index in [-0.39, 0.29) is 44.8 Å². The summed E-state index contributed by atoms with van der Waals surface area (Å²) in [6.07, 6.45) is 7.68. The monoisotopic (exact) mass is 1220 g/mol. The normalized spacial score (nSPS) is 10.9. The molecule has 0 aliphatic heterocycles. The second-order valence-corrected chi connectivity index (χ2v) is 26.0. The summed E-state index contributed by atoms with van der Waals surface area (Å²) in [7, 11) is -15.0. The van der Waals surface area contributed by atoms with Crippen LogP contribution in [0.25, 0.3) is 0 Å². The van der Waals surface area contributed by atoms with Crippen LogP contribution in [0.1, 0.15) is 12.8 Å². The fourth-order valence-electron chi connectivity index (χ4n) is 7.82. The van der Waals surface area contributed by atoms with Crippen LogP contribution >= 0.6 is 31.7 Å². The summed E-state index contributed by atoms with van der Waals surface area (Å²) >= 11 is 0. The maximum absolute atomic E-state index is 9.75. The van der Waals surface area contributed by atoms with Crippen molar-refractivity contribution >= 4 is 88.6 Å². The van der Waals surface area contributed by atoms with Crippen LogP contribution in [0.2, 0.25) is 0 Å². The topological polar surface area (TPSA) is 0 Å². The Hall–Kier alpha value is -3.47. The second kappa shape index (κ2) is 33.3. The van der Waals surface area contributed by atoms with Crippen molar-refractivity contribution in [3.8, 4) is 0 Å². The minimum absolute atomic E-state index is 0. The zero-order valence-electron chi connectivity index (χ0n) is 38.1. The van der Waals surface area contributed by atoms with Gasteiger partial charge in [0.05, 0.1) is 98.8 Å². The number of rotatable bonds is 16. The minimum Gasteiger partial charge on any atom is -0.418 e. The van der Waals surface area contributed by atoms with E-state index < -0.39 is 46.2 Å². The van der Waals surface area contributed by atoms with Crippen LogP contribution in [0.3, 0.4) is 0 Å². The molecule has 8 aromatic carbocycles. The molecule has 16 heteroatoms. The van der Waals surface area contributed by atoms with Crippen molar-refractivity contribution in [3.63, 3.8) is 0 Å². The Morgan fingerprint density at radius 3 is 0.414 bits per heavy atom. The molecule has 0 amide bonds. The van der Waals surface area contributed by atoms with Gasteiger partial charge in [0.2, 0.25) is 0 Å². The molecule has 8 aromatic rings. The van der Waals surface area contributed by atoms with Gasteiger partial charge >= 0.3 is 59.3 Å². The predicted molar refractivity (Wildman–Crippen MR) is 291 cm³/mol. The van der Waals surface area contributed by atoms with Gasteiger partial charge in [0.25, 0.3) is 0 Å². The zero-order valence-corrected chi connectivity index (χ0v) is 45.1. The van der Waals surface area contributed by atoms with Crippen molar-refractivity contribution in [1.29, 1.82) is 0 Å². The average molecular weight is 1220 g/mol. The second-order valence-electron chi connectivity index (χ2n) is 15.5. The molecule has 0 bridgehead atoms. The van der Waals surface area contributed by atoms with Gasteiger partial charge in [-0.15, -0.1) is 0 Å². The summed E-state index contributed by atoms with van der Waals surface area (Å²) in [4.78, 5) is 0. The Balaban J connectivity index is 0.000000303. The van der Waals surface area contributed by atoms with E-state index in [2.05, 4.69) is 243 Å². The summed E-state index contributed by atoms with van der Waals surface area (Å²) < 4.78 is 78.0. The third-order valence-electron chi connectivity index (χ3n) is 10.7. The van der Waals surface area contributed by atoms with Crippen molar-refractivity contribution in [1.82, 2.24) is 0 Å². The van der Waals surface area contributed by atoms with Gasteiger partial charge in [-0.2, -0.15) is 0 Å². The molecule has 0 saturated carbocycles. The molecule has 0 N–H and O–H groups in total. The predicted octanol–water partition coefficient (Wildman–Crippen LogP) is 12.8. The molecule has 0 heterocycles. The fraction of sp³-hybridized carbons (Fsp3) is 0.111. The van der Waals surface area contributed by atoms with Gasteiger partial charge in [-0.25, -0.2) is 0 Å². The third-order valence-corrected chi connectivity index (χ3v) is 22.3. The Morgan fingerprint density at radius 1 is 0.214 bits per heavy atom. The Labute approximate surface area is 444 Å². The van der Waals surface area contributed by atoms with Gasteiger partial charge in [-0.3, -0.25) is 0 Å². The van der Waals surface area contributed by atoms with Crippen LogP contribution in [-0.2, 0) is 44.8 Å². The van der Waals surface area contributed by atoms with E-state index >= 15 is 0 Å². The molecule has 0 atom stereocenters. The maximum Gasteiger partial charge on any atom is 1.00 e. The fourth-order valence-corrected chi connectivity index (χ4v) is 19.0. The molecule has 0 aliphatic rings. The molecule has 0 saturated heterocycles. The van der Waals surface area contributed by atoms with Crippen molar-refractivity contribution < 1.29 is 79.3 Å². The van der Waals surface area contributed by atoms with Crippen molar-refractivity contribution in [3.05, 3.63) is 243 Å². The SMILES string of the molecule is F[B-](F)(F)F.F[B-](F)(F)F.[Ag+].[Ag+].c1ccc([PH+](CCC[PH+](c2ccccc2)c2ccccc2)c2ccccc2)cc1.c1ccc([PH+](CCC[PH+](c2ccccc2)c2ccccc2)c2ccccc2)cc1. The molecule has 70 heavy (non-hydrogen) atoms. The first-order valence-corrected chi connectivity index (χ1v) is 29.3. The molecule has 0 aromatic heterocycles. The Bertz CT molecular complexity index is 2020. The van der Waals surface area contributed by atoms with Crippen molar-refractivity contribution in [2.45, 2.75) is 12.8 Å². The number of hydrogen-bond acceptors (Lipinski definition) is 0. The van der Waals surface area contributed by atoms with Crippen molar-refractivity contribution in [2.24, 2.45) is 0 Å². The first kappa shape index (κ1) is 60.8. The van der Waals surface area contributed by atoms with E-state index in [1.807, 2.05) is 0 Å². The third kappa shape index (κ3) is 23.8. The quantitative estimate of drug-likeness (QED) is 0.0514. The van der Waals surface area contributed by atoms with E-state index in [1.165, 1.54) is 79.9 Å². The Kier molecular flexibility index (Phi) is 28.9. The molecule has 0 unspecified atom stereocenters. The zero-order chi connectivity index (χ0) is 48.5. The van der Waals surface area contributed by atoms with E-state index in [9.17, 15) is 34.5 Å². The van der Waals surface area contributed by atoms with Gasteiger partial charge in [0, 0.05) is 12.8 Å².